The van der Waals surface area contributed by atoms with Crippen LogP contribution in [0.5, 0.6) is 0 Å². The van der Waals surface area contributed by atoms with Crippen LogP contribution in [0.1, 0.15) is 11.3 Å². The van der Waals surface area contributed by atoms with Crippen molar-refractivity contribution < 1.29 is 4.42 Å². The molecule has 3 heterocycles. The summed E-state index contributed by atoms with van der Waals surface area (Å²) in [4.78, 5) is 17.0. The Hall–Kier alpha value is -2.21. The zero-order valence-corrected chi connectivity index (χ0v) is 11.1. The Bertz CT molecular complexity index is 743. The summed E-state index contributed by atoms with van der Waals surface area (Å²) in [5.41, 5.74) is 1.39. The van der Waals surface area contributed by atoms with Gasteiger partial charge in [-0.2, -0.15) is 5.10 Å². The maximum absolute atomic E-state index is 11.7. The standard InChI is InChI=1S/C13H11N3O2S/c1-9-5-12(17)16(14-6-9)7-10-8-18-13(15-10)11-3-2-4-19-11/h2-6,8H,7H2,1H3. The molecule has 6 heteroatoms. The van der Waals surface area contributed by atoms with Crippen molar-refractivity contribution in [3.63, 3.8) is 0 Å². The Morgan fingerprint density at radius 2 is 2.37 bits per heavy atom. The molecule has 0 N–H and O–H groups in total. The summed E-state index contributed by atoms with van der Waals surface area (Å²) >= 11 is 1.56. The van der Waals surface area contributed by atoms with Crippen LogP contribution in [0.25, 0.3) is 10.8 Å². The number of thiophene rings is 1. The Morgan fingerprint density at radius 3 is 3.11 bits per heavy atom. The normalized spacial score (nSPS) is 10.8. The maximum atomic E-state index is 11.7. The molecule has 0 spiro atoms. The molecule has 0 amide bonds. The highest BCUT2D eigenvalue weighted by atomic mass is 32.1. The van der Waals surface area contributed by atoms with Crippen molar-refractivity contribution in [2.75, 3.05) is 0 Å². The number of oxazole rings is 1. The van der Waals surface area contributed by atoms with Gasteiger partial charge in [-0.05, 0) is 23.9 Å². The highest BCUT2D eigenvalue weighted by Gasteiger charge is 2.09. The summed E-state index contributed by atoms with van der Waals surface area (Å²) in [7, 11) is 0. The van der Waals surface area contributed by atoms with Gasteiger partial charge in [0.25, 0.3) is 5.56 Å². The van der Waals surface area contributed by atoms with E-state index >= 15 is 0 Å². The van der Waals surface area contributed by atoms with Crippen molar-refractivity contribution in [3.8, 4) is 10.8 Å². The van der Waals surface area contributed by atoms with Gasteiger partial charge in [0.05, 0.1) is 17.6 Å². The van der Waals surface area contributed by atoms with E-state index < -0.39 is 0 Å². The fourth-order valence-corrected chi connectivity index (χ4v) is 2.34. The molecule has 3 aromatic rings. The first-order valence-electron chi connectivity index (χ1n) is 5.74. The Balaban J connectivity index is 1.86. The van der Waals surface area contributed by atoms with Gasteiger partial charge in [-0.3, -0.25) is 4.79 Å². The summed E-state index contributed by atoms with van der Waals surface area (Å²) in [5, 5.41) is 6.03. The lowest BCUT2D eigenvalue weighted by Crippen LogP contribution is -2.22. The minimum absolute atomic E-state index is 0.138. The molecule has 0 aromatic carbocycles. The van der Waals surface area contributed by atoms with Crippen LogP contribution < -0.4 is 5.56 Å². The average molecular weight is 273 g/mol. The Kier molecular flexibility index (Phi) is 3.00. The maximum Gasteiger partial charge on any atom is 0.267 e. The third-order valence-corrected chi connectivity index (χ3v) is 3.46. The number of aryl methyl sites for hydroxylation is 1. The number of hydrogen-bond donors (Lipinski definition) is 0. The van der Waals surface area contributed by atoms with Crippen molar-refractivity contribution >= 4 is 11.3 Å². The highest BCUT2D eigenvalue weighted by Crippen LogP contribution is 2.23. The number of nitrogens with zero attached hydrogens (tertiary/aromatic N) is 3. The molecule has 19 heavy (non-hydrogen) atoms. The SMILES string of the molecule is Cc1cnn(Cc2coc(-c3cccs3)n2)c(=O)c1. The van der Waals surface area contributed by atoms with Crippen LogP contribution in [0.2, 0.25) is 0 Å². The first-order chi connectivity index (χ1) is 9.22. The molecule has 3 aromatic heterocycles. The summed E-state index contributed by atoms with van der Waals surface area (Å²) in [5.74, 6) is 0.574. The van der Waals surface area contributed by atoms with Crippen LogP contribution in [-0.4, -0.2) is 14.8 Å². The predicted octanol–water partition coefficient (Wildman–Crippen LogP) is 2.32. The molecule has 0 atom stereocenters. The minimum atomic E-state index is -0.138. The highest BCUT2D eigenvalue weighted by molar-refractivity contribution is 7.13. The van der Waals surface area contributed by atoms with Crippen LogP contribution in [0.4, 0.5) is 0 Å². The molecule has 0 aliphatic carbocycles. The van der Waals surface area contributed by atoms with E-state index in [1.165, 1.54) is 4.68 Å². The van der Waals surface area contributed by atoms with Crippen LogP contribution in [-0.2, 0) is 6.54 Å². The minimum Gasteiger partial charge on any atom is -0.443 e. The van der Waals surface area contributed by atoms with Gasteiger partial charge >= 0.3 is 0 Å². The second kappa shape index (κ2) is 4.81. The third-order valence-electron chi connectivity index (χ3n) is 2.60. The van der Waals surface area contributed by atoms with E-state index in [-0.39, 0.29) is 5.56 Å². The molecule has 5 nitrogen and oxygen atoms in total. The number of rotatable bonds is 3. The van der Waals surface area contributed by atoms with E-state index in [0.717, 1.165) is 10.4 Å². The zero-order valence-electron chi connectivity index (χ0n) is 10.2. The fraction of sp³-hybridized carbons (Fsp3) is 0.154. The van der Waals surface area contributed by atoms with Crippen LogP contribution in [0.15, 0.2) is 45.3 Å². The first kappa shape index (κ1) is 11.9. The van der Waals surface area contributed by atoms with Gasteiger partial charge in [0.2, 0.25) is 5.89 Å². The molecular weight excluding hydrogens is 262 g/mol. The molecule has 3 rings (SSSR count). The molecule has 0 saturated carbocycles. The monoisotopic (exact) mass is 273 g/mol. The van der Waals surface area contributed by atoms with E-state index in [0.29, 0.717) is 18.1 Å². The molecule has 96 valence electrons. The van der Waals surface area contributed by atoms with Crippen molar-refractivity contribution in [3.05, 3.63) is 57.7 Å². The fourth-order valence-electron chi connectivity index (χ4n) is 1.69. The summed E-state index contributed by atoms with van der Waals surface area (Å²) in [6, 6.07) is 5.43. The number of hydrogen-bond acceptors (Lipinski definition) is 5. The summed E-state index contributed by atoms with van der Waals surface area (Å²) in [6.07, 6.45) is 3.21. The molecule has 0 saturated heterocycles. The van der Waals surface area contributed by atoms with Crippen LogP contribution in [0, 0.1) is 6.92 Å². The Labute approximate surface area is 113 Å². The second-order valence-corrected chi connectivity index (χ2v) is 5.10. The summed E-state index contributed by atoms with van der Waals surface area (Å²) in [6.45, 7) is 2.15. The van der Waals surface area contributed by atoms with E-state index in [1.54, 1.807) is 29.9 Å². The Morgan fingerprint density at radius 1 is 1.47 bits per heavy atom. The van der Waals surface area contributed by atoms with E-state index in [9.17, 15) is 4.79 Å². The molecule has 0 unspecified atom stereocenters. The van der Waals surface area contributed by atoms with E-state index in [1.807, 2.05) is 24.4 Å². The van der Waals surface area contributed by atoms with Gasteiger partial charge in [0, 0.05) is 6.07 Å². The molecule has 0 bridgehead atoms. The van der Waals surface area contributed by atoms with Crippen molar-refractivity contribution in [2.45, 2.75) is 13.5 Å². The van der Waals surface area contributed by atoms with Gasteiger partial charge in [-0.25, -0.2) is 9.67 Å². The smallest absolute Gasteiger partial charge is 0.267 e. The third kappa shape index (κ3) is 2.48. The average Bonchev–Trinajstić information content (AvgIpc) is 3.03. The predicted molar refractivity (Wildman–Crippen MR) is 72.2 cm³/mol. The largest absolute Gasteiger partial charge is 0.443 e. The van der Waals surface area contributed by atoms with Gasteiger partial charge in [-0.1, -0.05) is 6.07 Å². The first-order valence-corrected chi connectivity index (χ1v) is 6.62. The summed E-state index contributed by atoms with van der Waals surface area (Å²) < 4.78 is 6.77. The lowest BCUT2D eigenvalue weighted by Gasteiger charge is -2.00. The lowest BCUT2D eigenvalue weighted by atomic mass is 10.3. The molecule has 0 aliphatic heterocycles. The van der Waals surface area contributed by atoms with Gasteiger partial charge < -0.3 is 4.42 Å². The van der Waals surface area contributed by atoms with Gasteiger partial charge in [-0.15, -0.1) is 11.3 Å². The topological polar surface area (TPSA) is 60.9 Å². The van der Waals surface area contributed by atoms with Crippen molar-refractivity contribution in [1.29, 1.82) is 0 Å². The lowest BCUT2D eigenvalue weighted by molar-refractivity contribution is 0.568. The molecule has 0 radical (unpaired) electrons. The van der Waals surface area contributed by atoms with Gasteiger partial charge in [0.15, 0.2) is 0 Å². The molecule has 0 fully saturated rings. The van der Waals surface area contributed by atoms with Gasteiger partial charge in [0.1, 0.15) is 12.0 Å². The number of aromatic nitrogens is 3. The van der Waals surface area contributed by atoms with Crippen LogP contribution in [0.3, 0.4) is 0 Å². The molecular formula is C13H11N3O2S. The second-order valence-electron chi connectivity index (χ2n) is 4.15. The van der Waals surface area contributed by atoms with Crippen molar-refractivity contribution in [2.24, 2.45) is 0 Å². The van der Waals surface area contributed by atoms with Crippen molar-refractivity contribution in [1.82, 2.24) is 14.8 Å². The quantitative estimate of drug-likeness (QED) is 0.734. The van der Waals surface area contributed by atoms with Crippen LogP contribution >= 0.6 is 11.3 Å². The zero-order chi connectivity index (χ0) is 13.2. The van der Waals surface area contributed by atoms with E-state index in [4.69, 9.17) is 4.42 Å². The van der Waals surface area contributed by atoms with E-state index in [2.05, 4.69) is 10.1 Å². The molecule has 0 aliphatic rings.